The van der Waals surface area contributed by atoms with Gasteiger partial charge in [0, 0.05) is 38.3 Å². The van der Waals surface area contributed by atoms with Crippen molar-refractivity contribution in [2.75, 3.05) is 39.4 Å². The number of aromatic nitrogens is 3. The zero-order valence-electron chi connectivity index (χ0n) is 19.3. The summed E-state index contributed by atoms with van der Waals surface area (Å²) in [5.74, 6) is 1.05. The van der Waals surface area contributed by atoms with Crippen LogP contribution in [0.25, 0.3) is 11.4 Å². The molecule has 0 spiro atoms. The molecule has 180 valence electrons. The third-order valence-electron chi connectivity index (χ3n) is 6.50. The molecule has 1 saturated carbocycles. The van der Waals surface area contributed by atoms with Crippen molar-refractivity contribution in [3.8, 4) is 11.4 Å². The van der Waals surface area contributed by atoms with E-state index in [9.17, 15) is 9.18 Å². The van der Waals surface area contributed by atoms with Crippen molar-refractivity contribution < 1.29 is 13.9 Å². The molecule has 1 aromatic heterocycles. The van der Waals surface area contributed by atoms with Gasteiger partial charge >= 0.3 is 0 Å². The molecule has 2 fully saturated rings. The Kier molecular flexibility index (Phi) is 8.75. The van der Waals surface area contributed by atoms with E-state index in [-0.39, 0.29) is 17.0 Å². The fourth-order valence-electron chi connectivity index (χ4n) is 4.45. The number of nitrogens with one attached hydrogen (secondary N) is 1. The smallest absolute Gasteiger partial charge is 0.233 e. The summed E-state index contributed by atoms with van der Waals surface area (Å²) < 4.78 is 21.0. The van der Waals surface area contributed by atoms with Crippen LogP contribution in [0.4, 0.5) is 4.39 Å². The molecule has 1 aromatic carbocycles. The summed E-state index contributed by atoms with van der Waals surface area (Å²) in [7, 11) is 0. The molecule has 1 N–H and O–H groups in total. The van der Waals surface area contributed by atoms with Crippen molar-refractivity contribution in [3.63, 3.8) is 0 Å². The lowest BCUT2D eigenvalue weighted by Crippen LogP contribution is -2.38. The maximum absolute atomic E-state index is 13.5. The number of morpholine rings is 1. The summed E-state index contributed by atoms with van der Waals surface area (Å²) in [5, 5.41) is 12.4. The Bertz CT molecular complexity index is 895. The van der Waals surface area contributed by atoms with Gasteiger partial charge in [-0.3, -0.25) is 9.69 Å². The molecule has 1 aliphatic carbocycles. The second kappa shape index (κ2) is 11.9. The van der Waals surface area contributed by atoms with Gasteiger partial charge in [0.25, 0.3) is 0 Å². The molecule has 0 bridgehead atoms. The highest BCUT2D eigenvalue weighted by Crippen LogP contribution is 2.28. The summed E-state index contributed by atoms with van der Waals surface area (Å²) in [5.41, 5.74) is 0.812. The van der Waals surface area contributed by atoms with E-state index in [1.807, 2.05) is 6.92 Å². The zero-order chi connectivity index (χ0) is 23.0. The Balaban J connectivity index is 1.43. The predicted molar refractivity (Wildman–Crippen MR) is 128 cm³/mol. The molecule has 2 aromatic rings. The monoisotopic (exact) mass is 475 g/mol. The number of nitrogens with zero attached hydrogens (tertiary/aromatic N) is 4. The van der Waals surface area contributed by atoms with Gasteiger partial charge in [-0.25, -0.2) is 4.39 Å². The van der Waals surface area contributed by atoms with Crippen LogP contribution in [0.5, 0.6) is 0 Å². The average molecular weight is 476 g/mol. The van der Waals surface area contributed by atoms with E-state index in [4.69, 9.17) is 4.74 Å². The zero-order valence-corrected chi connectivity index (χ0v) is 20.2. The number of benzene rings is 1. The SMILES string of the molecule is CC(Sc1nnc(-c2ccc(F)cc2)n1CCN1CCOCC1)C(=O)NCC1CCCCC1. The number of ether oxygens (including phenoxy) is 1. The molecule has 1 unspecified atom stereocenters. The van der Waals surface area contributed by atoms with E-state index in [2.05, 4.69) is 25.0 Å². The Labute approximate surface area is 199 Å². The van der Waals surface area contributed by atoms with Gasteiger partial charge in [-0.1, -0.05) is 31.0 Å². The number of rotatable bonds is 9. The molecule has 2 aliphatic rings. The Hall–Kier alpha value is -1.97. The Morgan fingerprint density at radius 3 is 2.61 bits per heavy atom. The van der Waals surface area contributed by atoms with Crippen LogP contribution in [0.3, 0.4) is 0 Å². The molecular weight excluding hydrogens is 441 g/mol. The first-order chi connectivity index (χ1) is 16.1. The van der Waals surface area contributed by atoms with Gasteiger partial charge in [0.2, 0.25) is 5.91 Å². The van der Waals surface area contributed by atoms with Crippen LogP contribution in [-0.2, 0) is 16.1 Å². The van der Waals surface area contributed by atoms with Crippen molar-refractivity contribution in [1.82, 2.24) is 25.0 Å². The Morgan fingerprint density at radius 2 is 1.88 bits per heavy atom. The van der Waals surface area contributed by atoms with Crippen LogP contribution >= 0.6 is 11.8 Å². The molecule has 7 nitrogen and oxygen atoms in total. The fourth-order valence-corrected chi connectivity index (χ4v) is 5.35. The molecule has 4 rings (SSSR count). The van der Waals surface area contributed by atoms with Crippen molar-refractivity contribution in [2.45, 2.75) is 56.0 Å². The first kappa shape index (κ1) is 24.2. The quantitative estimate of drug-likeness (QED) is 0.559. The lowest BCUT2D eigenvalue weighted by molar-refractivity contribution is -0.120. The average Bonchev–Trinajstić information content (AvgIpc) is 3.25. The van der Waals surface area contributed by atoms with Gasteiger partial charge in [-0.2, -0.15) is 0 Å². The molecular formula is C24H34FN5O2S. The molecule has 0 radical (unpaired) electrons. The summed E-state index contributed by atoms with van der Waals surface area (Å²) in [6.07, 6.45) is 6.26. The van der Waals surface area contributed by atoms with Crippen molar-refractivity contribution >= 4 is 17.7 Å². The summed E-state index contributed by atoms with van der Waals surface area (Å²) in [6.45, 7) is 7.49. The van der Waals surface area contributed by atoms with E-state index in [0.717, 1.165) is 45.0 Å². The van der Waals surface area contributed by atoms with Crippen molar-refractivity contribution in [1.29, 1.82) is 0 Å². The second-order valence-electron chi connectivity index (χ2n) is 8.93. The minimum Gasteiger partial charge on any atom is -0.379 e. The van der Waals surface area contributed by atoms with Crippen LogP contribution in [0, 0.1) is 11.7 Å². The molecule has 33 heavy (non-hydrogen) atoms. The van der Waals surface area contributed by atoms with Gasteiger partial charge in [-0.05, 0) is 49.9 Å². The van der Waals surface area contributed by atoms with Crippen molar-refractivity contribution in [3.05, 3.63) is 30.1 Å². The van der Waals surface area contributed by atoms with E-state index in [1.54, 1.807) is 12.1 Å². The molecule has 1 amide bonds. The number of carbonyl (C=O) groups is 1. The highest BCUT2D eigenvalue weighted by molar-refractivity contribution is 8.00. The highest BCUT2D eigenvalue weighted by atomic mass is 32.2. The van der Waals surface area contributed by atoms with E-state index in [0.29, 0.717) is 23.4 Å². The molecule has 1 saturated heterocycles. The highest BCUT2D eigenvalue weighted by Gasteiger charge is 2.23. The summed E-state index contributed by atoms with van der Waals surface area (Å²) in [4.78, 5) is 15.1. The molecule has 1 atom stereocenters. The number of amides is 1. The largest absolute Gasteiger partial charge is 0.379 e. The maximum atomic E-state index is 13.5. The first-order valence-electron chi connectivity index (χ1n) is 12.0. The third kappa shape index (κ3) is 6.77. The van der Waals surface area contributed by atoms with E-state index < -0.39 is 0 Å². The predicted octanol–water partition coefficient (Wildman–Crippen LogP) is 3.59. The van der Waals surface area contributed by atoms with Crippen LogP contribution in [0.2, 0.25) is 0 Å². The van der Waals surface area contributed by atoms with Crippen molar-refractivity contribution in [2.24, 2.45) is 5.92 Å². The molecule has 9 heteroatoms. The van der Waals surface area contributed by atoms with Gasteiger partial charge in [0.1, 0.15) is 5.82 Å². The van der Waals surface area contributed by atoms with Gasteiger partial charge in [-0.15, -0.1) is 10.2 Å². The maximum Gasteiger partial charge on any atom is 0.233 e. The van der Waals surface area contributed by atoms with E-state index >= 15 is 0 Å². The molecule has 1 aliphatic heterocycles. The fraction of sp³-hybridized carbons (Fsp3) is 0.625. The second-order valence-corrected chi connectivity index (χ2v) is 10.2. The molecule has 2 heterocycles. The lowest BCUT2D eigenvalue weighted by Gasteiger charge is -2.27. The minimum atomic E-state index is -0.281. The Morgan fingerprint density at radius 1 is 1.15 bits per heavy atom. The standard InChI is InChI=1S/C24H34FN5O2S/c1-18(23(31)26-17-19-5-3-2-4-6-19)33-24-28-27-22(20-7-9-21(25)10-8-20)30(24)12-11-29-13-15-32-16-14-29/h7-10,18-19H,2-6,11-17H2,1H3,(H,26,31). The number of carbonyl (C=O) groups excluding carboxylic acids is 1. The van der Waals surface area contributed by atoms with Crippen LogP contribution < -0.4 is 5.32 Å². The van der Waals surface area contributed by atoms with E-state index in [1.165, 1.54) is 56.0 Å². The minimum absolute atomic E-state index is 0.0386. The number of hydrogen-bond acceptors (Lipinski definition) is 6. The third-order valence-corrected chi connectivity index (χ3v) is 7.58. The topological polar surface area (TPSA) is 72.3 Å². The van der Waals surface area contributed by atoms with Crippen LogP contribution in [-0.4, -0.2) is 70.2 Å². The first-order valence-corrected chi connectivity index (χ1v) is 12.9. The van der Waals surface area contributed by atoms with Gasteiger partial charge < -0.3 is 14.6 Å². The normalized spacial score (nSPS) is 18.8. The number of halogens is 1. The van der Waals surface area contributed by atoms with Gasteiger partial charge in [0.15, 0.2) is 11.0 Å². The lowest BCUT2D eigenvalue weighted by atomic mass is 9.89. The number of hydrogen-bond donors (Lipinski definition) is 1. The van der Waals surface area contributed by atoms with Gasteiger partial charge in [0.05, 0.1) is 18.5 Å². The summed E-state index contributed by atoms with van der Waals surface area (Å²) >= 11 is 1.43. The number of thioether (sulfide) groups is 1. The van der Waals surface area contributed by atoms with Crippen LogP contribution in [0.15, 0.2) is 29.4 Å². The van der Waals surface area contributed by atoms with Crippen LogP contribution in [0.1, 0.15) is 39.0 Å². The summed E-state index contributed by atoms with van der Waals surface area (Å²) in [6, 6.07) is 6.31.